The smallest absolute Gasteiger partial charge is 0.134 e. The van der Waals surface area contributed by atoms with Gasteiger partial charge in [-0.15, -0.1) is 0 Å². The van der Waals surface area contributed by atoms with Crippen LogP contribution < -0.4 is 5.32 Å². The van der Waals surface area contributed by atoms with Crippen molar-refractivity contribution < 1.29 is 4.74 Å². The standard InChI is InChI=1S/C8H12ClN3O/c1-13-4-2-3-10-8-5-7(9)11-6-12-8/h5-6H,2-4H2,1H3,(H,10,11,12). The lowest BCUT2D eigenvalue weighted by Gasteiger charge is -2.03. The first kappa shape index (κ1) is 10.2. The van der Waals surface area contributed by atoms with Gasteiger partial charge < -0.3 is 10.1 Å². The number of methoxy groups -OCH3 is 1. The van der Waals surface area contributed by atoms with Crippen LogP contribution in [0.1, 0.15) is 6.42 Å². The normalized spacial score (nSPS) is 10.0. The van der Waals surface area contributed by atoms with Crippen molar-refractivity contribution in [3.05, 3.63) is 17.5 Å². The molecule has 0 atom stereocenters. The van der Waals surface area contributed by atoms with Crippen LogP contribution in [-0.2, 0) is 4.74 Å². The van der Waals surface area contributed by atoms with E-state index in [1.807, 2.05) is 0 Å². The topological polar surface area (TPSA) is 47.0 Å². The second-order valence-corrected chi connectivity index (χ2v) is 2.89. The first-order valence-electron chi connectivity index (χ1n) is 4.03. The highest BCUT2D eigenvalue weighted by atomic mass is 35.5. The molecule has 1 rings (SSSR count). The Labute approximate surface area is 82.3 Å². The Morgan fingerprint density at radius 3 is 3.08 bits per heavy atom. The van der Waals surface area contributed by atoms with E-state index in [1.165, 1.54) is 6.33 Å². The molecule has 5 heteroatoms. The number of nitrogens with one attached hydrogen (secondary N) is 1. The third-order valence-electron chi connectivity index (χ3n) is 1.47. The second kappa shape index (κ2) is 5.72. The molecule has 1 aromatic rings. The molecular weight excluding hydrogens is 190 g/mol. The molecule has 0 aliphatic rings. The third-order valence-corrected chi connectivity index (χ3v) is 1.67. The fourth-order valence-corrected chi connectivity index (χ4v) is 1.01. The molecule has 0 aromatic carbocycles. The van der Waals surface area contributed by atoms with Crippen molar-refractivity contribution in [1.82, 2.24) is 9.97 Å². The summed E-state index contributed by atoms with van der Waals surface area (Å²) < 4.78 is 4.90. The highest BCUT2D eigenvalue weighted by Gasteiger charge is 1.94. The van der Waals surface area contributed by atoms with Gasteiger partial charge in [0.2, 0.25) is 0 Å². The van der Waals surface area contributed by atoms with E-state index >= 15 is 0 Å². The van der Waals surface area contributed by atoms with Crippen molar-refractivity contribution in [3.8, 4) is 0 Å². The molecule has 13 heavy (non-hydrogen) atoms. The summed E-state index contributed by atoms with van der Waals surface area (Å²) in [4.78, 5) is 7.76. The molecule has 4 nitrogen and oxygen atoms in total. The van der Waals surface area contributed by atoms with Crippen molar-refractivity contribution in [2.24, 2.45) is 0 Å². The molecule has 1 aromatic heterocycles. The van der Waals surface area contributed by atoms with E-state index in [9.17, 15) is 0 Å². The fraction of sp³-hybridized carbons (Fsp3) is 0.500. The van der Waals surface area contributed by atoms with Gasteiger partial charge >= 0.3 is 0 Å². The molecule has 0 radical (unpaired) electrons. The fourth-order valence-electron chi connectivity index (χ4n) is 0.863. The molecule has 0 aliphatic heterocycles. The number of rotatable bonds is 5. The van der Waals surface area contributed by atoms with Crippen molar-refractivity contribution in [2.75, 3.05) is 25.6 Å². The maximum atomic E-state index is 5.67. The van der Waals surface area contributed by atoms with Crippen LogP contribution >= 0.6 is 11.6 Å². The maximum absolute atomic E-state index is 5.67. The predicted octanol–water partition coefficient (Wildman–Crippen LogP) is 1.58. The van der Waals surface area contributed by atoms with Gasteiger partial charge in [0.05, 0.1) is 0 Å². The molecule has 0 amide bonds. The minimum Gasteiger partial charge on any atom is -0.385 e. The van der Waals surface area contributed by atoms with E-state index in [0.29, 0.717) is 5.15 Å². The van der Waals surface area contributed by atoms with Crippen molar-refractivity contribution in [3.63, 3.8) is 0 Å². The summed E-state index contributed by atoms with van der Waals surface area (Å²) in [6, 6.07) is 1.69. The minimum atomic E-state index is 0.448. The zero-order chi connectivity index (χ0) is 9.52. The zero-order valence-corrected chi connectivity index (χ0v) is 8.21. The van der Waals surface area contributed by atoms with Gasteiger partial charge in [-0.25, -0.2) is 9.97 Å². The Hall–Kier alpha value is -0.870. The van der Waals surface area contributed by atoms with E-state index in [0.717, 1.165) is 25.4 Å². The first-order valence-corrected chi connectivity index (χ1v) is 4.41. The Morgan fingerprint density at radius 1 is 1.54 bits per heavy atom. The highest BCUT2D eigenvalue weighted by molar-refractivity contribution is 6.29. The molecule has 0 spiro atoms. The molecule has 72 valence electrons. The van der Waals surface area contributed by atoms with Gasteiger partial charge in [0, 0.05) is 26.3 Å². The van der Waals surface area contributed by atoms with Crippen LogP contribution in [0.15, 0.2) is 12.4 Å². The van der Waals surface area contributed by atoms with Crippen LogP contribution in [0, 0.1) is 0 Å². The molecule has 1 heterocycles. The Kier molecular flexibility index (Phi) is 4.49. The average Bonchev–Trinajstić information content (AvgIpc) is 2.13. The number of aromatic nitrogens is 2. The van der Waals surface area contributed by atoms with Crippen molar-refractivity contribution >= 4 is 17.4 Å². The van der Waals surface area contributed by atoms with Gasteiger partial charge in [-0.05, 0) is 6.42 Å². The first-order chi connectivity index (χ1) is 6.33. The Balaban J connectivity index is 2.28. The van der Waals surface area contributed by atoms with E-state index in [-0.39, 0.29) is 0 Å². The van der Waals surface area contributed by atoms with Gasteiger partial charge in [-0.3, -0.25) is 0 Å². The lowest BCUT2D eigenvalue weighted by atomic mass is 10.4. The monoisotopic (exact) mass is 201 g/mol. The van der Waals surface area contributed by atoms with Crippen molar-refractivity contribution in [2.45, 2.75) is 6.42 Å². The van der Waals surface area contributed by atoms with Gasteiger partial charge in [0.1, 0.15) is 17.3 Å². The van der Waals surface area contributed by atoms with Gasteiger partial charge in [-0.2, -0.15) is 0 Å². The molecule has 0 bridgehead atoms. The summed E-state index contributed by atoms with van der Waals surface area (Å²) >= 11 is 5.67. The SMILES string of the molecule is COCCCNc1cc(Cl)ncn1. The van der Waals surface area contributed by atoms with Crippen LogP contribution in [-0.4, -0.2) is 30.2 Å². The molecule has 0 aliphatic carbocycles. The lowest BCUT2D eigenvalue weighted by Crippen LogP contribution is -2.05. The van der Waals surface area contributed by atoms with Crippen LogP contribution in [0.2, 0.25) is 5.15 Å². The maximum Gasteiger partial charge on any atom is 0.134 e. The lowest BCUT2D eigenvalue weighted by molar-refractivity contribution is 0.198. The molecular formula is C8H12ClN3O. The summed E-state index contributed by atoms with van der Waals surface area (Å²) in [5.74, 6) is 0.746. The number of anilines is 1. The molecule has 1 N–H and O–H groups in total. The quantitative estimate of drug-likeness (QED) is 0.581. The Bertz CT molecular complexity index is 257. The molecule has 0 saturated heterocycles. The molecule has 0 fully saturated rings. The molecule has 0 unspecified atom stereocenters. The predicted molar refractivity (Wildman–Crippen MR) is 52.0 cm³/mol. The van der Waals surface area contributed by atoms with Crippen LogP contribution in [0.3, 0.4) is 0 Å². The number of nitrogens with zero attached hydrogens (tertiary/aromatic N) is 2. The molecule has 0 saturated carbocycles. The minimum absolute atomic E-state index is 0.448. The summed E-state index contributed by atoms with van der Waals surface area (Å²) in [5, 5.41) is 3.55. The second-order valence-electron chi connectivity index (χ2n) is 2.50. The van der Waals surface area contributed by atoms with Crippen LogP contribution in [0.25, 0.3) is 0 Å². The number of hydrogen-bond donors (Lipinski definition) is 1. The van der Waals surface area contributed by atoms with Crippen molar-refractivity contribution in [1.29, 1.82) is 0 Å². The van der Waals surface area contributed by atoms with E-state index in [1.54, 1.807) is 13.2 Å². The van der Waals surface area contributed by atoms with Gasteiger partial charge in [0.15, 0.2) is 0 Å². The third kappa shape index (κ3) is 4.05. The summed E-state index contributed by atoms with van der Waals surface area (Å²) in [5.41, 5.74) is 0. The highest BCUT2D eigenvalue weighted by Crippen LogP contribution is 2.07. The van der Waals surface area contributed by atoms with Gasteiger partial charge in [-0.1, -0.05) is 11.6 Å². The summed E-state index contributed by atoms with van der Waals surface area (Å²) in [7, 11) is 1.68. The van der Waals surface area contributed by atoms with Crippen LogP contribution in [0.5, 0.6) is 0 Å². The largest absolute Gasteiger partial charge is 0.385 e. The number of hydrogen-bond acceptors (Lipinski definition) is 4. The zero-order valence-electron chi connectivity index (χ0n) is 7.46. The van der Waals surface area contributed by atoms with Crippen LogP contribution in [0.4, 0.5) is 5.82 Å². The summed E-state index contributed by atoms with van der Waals surface area (Å²) in [6.07, 6.45) is 2.37. The number of ether oxygens (including phenoxy) is 1. The Morgan fingerprint density at radius 2 is 2.38 bits per heavy atom. The van der Waals surface area contributed by atoms with E-state index in [2.05, 4.69) is 15.3 Å². The summed E-state index contributed by atoms with van der Waals surface area (Å²) in [6.45, 7) is 1.56. The van der Waals surface area contributed by atoms with Gasteiger partial charge in [0.25, 0.3) is 0 Å². The number of halogens is 1. The van der Waals surface area contributed by atoms with E-state index < -0.39 is 0 Å². The average molecular weight is 202 g/mol. The van der Waals surface area contributed by atoms with E-state index in [4.69, 9.17) is 16.3 Å².